The monoisotopic (exact) mass is 565 g/mol. The van der Waals surface area contributed by atoms with Gasteiger partial charge in [0.2, 0.25) is 0 Å². The molecule has 0 radical (unpaired) electrons. The second kappa shape index (κ2) is 10.0. The number of nitrogens with zero attached hydrogens (tertiary/aromatic N) is 2. The largest absolute Gasteiger partial charge is 0.505 e. The van der Waals surface area contributed by atoms with E-state index in [1.807, 2.05) is 0 Å². The van der Waals surface area contributed by atoms with E-state index in [0.29, 0.717) is 16.1 Å². The van der Waals surface area contributed by atoms with Crippen molar-refractivity contribution in [3.8, 4) is 16.9 Å². The van der Waals surface area contributed by atoms with E-state index in [2.05, 4.69) is 10.5 Å². The number of carbonyl (C=O) groups is 2. The van der Waals surface area contributed by atoms with Crippen molar-refractivity contribution in [1.29, 1.82) is 0 Å². The lowest BCUT2D eigenvalue weighted by Crippen LogP contribution is -2.26. The number of aryl methyl sites for hydroxylation is 1. The number of para-hydroxylation sites is 1. The quantitative estimate of drug-likeness (QED) is 0.175. The van der Waals surface area contributed by atoms with Crippen LogP contribution in [0.25, 0.3) is 11.1 Å². The van der Waals surface area contributed by atoms with Gasteiger partial charge in [-0.3, -0.25) is 15.1 Å². The zero-order valence-corrected chi connectivity index (χ0v) is 21.4. The van der Waals surface area contributed by atoms with Crippen LogP contribution in [-0.2, 0) is 11.0 Å². The molecule has 0 unspecified atom stereocenters. The Morgan fingerprint density at radius 2 is 1.73 bits per heavy atom. The minimum Gasteiger partial charge on any atom is -0.505 e. The summed E-state index contributed by atoms with van der Waals surface area (Å²) in [4.78, 5) is 26.0. The first kappa shape index (κ1) is 26.8. The molecule has 202 valence electrons. The van der Waals surface area contributed by atoms with E-state index in [1.165, 1.54) is 36.4 Å². The Morgan fingerprint density at radius 3 is 2.42 bits per heavy atom. The number of hydrogen-bond donors (Lipinski definition) is 3. The number of amides is 1. The molecule has 1 heterocycles. The van der Waals surface area contributed by atoms with Crippen molar-refractivity contribution in [2.45, 2.75) is 13.1 Å². The van der Waals surface area contributed by atoms with Gasteiger partial charge in [-0.05, 0) is 66.6 Å². The zero-order valence-electron chi connectivity index (χ0n) is 20.6. The normalized spacial score (nSPS) is 14.0. The summed E-state index contributed by atoms with van der Waals surface area (Å²) in [5, 5.41) is 24.7. The Kier molecular flexibility index (Phi) is 6.72. The molecule has 0 spiro atoms. The molecule has 40 heavy (non-hydrogen) atoms. The average molecular weight is 566 g/mol. The van der Waals surface area contributed by atoms with E-state index in [-0.39, 0.29) is 39.7 Å². The fourth-order valence-electron chi connectivity index (χ4n) is 4.31. The van der Waals surface area contributed by atoms with Crippen LogP contribution in [-0.4, -0.2) is 27.8 Å². The van der Waals surface area contributed by atoms with E-state index >= 15 is 0 Å². The number of carboxylic acids is 1. The molecular formula is C29H19ClF3N3O4. The molecule has 7 nitrogen and oxygen atoms in total. The summed E-state index contributed by atoms with van der Waals surface area (Å²) in [6.45, 7) is 1.75. The molecule has 0 saturated carbocycles. The molecule has 11 heteroatoms. The van der Waals surface area contributed by atoms with Gasteiger partial charge in [-0.15, -0.1) is 0 Å². The van der Waals surface area contributed by atoms with Gasteiger partial charge in [-0.25, -0.2) is 4.79 Å². The van der Waals surface area contributed by atoms with Crippen LogP contribution in [0.15, 0.2) is 84.0 Å². The topological polar surface area (TPSA) is 102 Å². The molecule has 0 atom stereocenters. The number of carbonyl (C=O) groups excluding carboxylic acids is 1. The van der Waals surface area contributed by atoms with E-state index in [1.54, 1.807) is 37.3 Å². The lowest BCUT2D eigenvalue weighted by Gasteiger charge is -2.19. The van der Waals surface area contributed by atoms with Gasteiger partial charge in [0.1, 0.15) is 5.75 Å². The van der Waals surface area contributed by atoms with Crippen LogP contribution in [0.1, 0.15) is 27.0 Å². The molecular weight excluding hydrogens is 547 g/mol. The number of hydrazone groups is 1. The summed E-state index contributed by atoms with van der Waals surface area (Å²) in [6, 6.07) is 18.2. The molecule has 4 aromatic carbocycles. The number of phenols is 1. The molecule has 0 bridgehead atoms. The van der Waals surface area contributed by atoms with Crippen molar-refractivity contribution in [3.63, 3.8) is 0 Å². The third-order valence-corrected chi connectivity index (χ3v) is 6.79. The highest BCUT2D eigenvalue weighted by Crippen LogP contribution is 2.41. The van der Waals surface area contributed by atoms with Crippen LogP contribution in [0.3, 0.4) is 0 Å². The Balaban J connectivity index is 1.56. The molecule has 5 rings (SSSR count). The number of fused-ring (bicyclic) bond motifs is 1. The summed E-state index contributed by atoms with van der Waals surface area (Å²) >= 11 is 6.24. The number of aromatic carboxylic acids is 1. The van der Waals surface area contributed by atoms with Gasteiger partial charge in [0.15, 0.2) is 5.71 Å². The van der Waals surface area contributed by atoms with Gasteiger partial charge in [0.25, 0.3) is 5.91 Å². The number of phenolic OH excluding ortho intramolecular Hbond substituents is 1. The van der Waals surface area contributed by atoms with E-state index in [4.69, 9.17) is 11.6 Å². The number of alkyl halides is 3. The van der Waals surface area contributed by atoms with E-state index in [9.17, 15) is 33.0 Å². The number of benzene rings is 4. The first-order valence-electron chi connectivity index (χ1n) is 11.8. The molecule has 4 aromatic rings. The van der Waals surface area contributed by atoms with E-state index in [0.717, 1.165) is 22.6 Å². The highest BCUT2D eigenvalue weighted by atomic mass is 35.5. The van der Waals surface area contributed by atoms with Gasteiger partial charge < -0.3 is 10.2 Å². The number of aromatic hydroxyl groups is 1. The first-order valence-corrected chi connectivity index (χ1v) is 12.1. The van der Waals surface area contributed by atoms with Crippen molar-refractivity contribution in [2.75, 3.05) is 10.3 Å². The number of nitrogens with one attached hydrogen (secondary N) is 1. The standard InChI is InChI=1S/C29H19ClF3N3O4/c1-15-8-10-19(14-22(15)30)36-24-13-18(29(31,32)33)9-11-21(24)25(27(36)38)35-34-23-7-3-6-20(26(23)37)16-4-2-5-17(12-16)28(39)40/h2-14,34,37H,1H3,(H,39,40)/b35-25-. The van der Waals surface area contributed by atoms with Crippen LogP contribution in [0.5, 0.6) is 5.75 Å². The Bertz CT molecular complexity index is 1720. The third-order valence-electron chi connectivity index (χ3n) is 6.39. The van der Waals surface area contributed by atoms with Crippen LogP contribution >= 0.6 is 11.6 Å². The highest BCUT2D eigenvalue weighted by Gasteiger charge is 2.39. The van der Waals surface area contributed by atoms with Crippen molar-refractivity contribution < 1.29 is 33.0 Å². The maximum Gasteiger partial charge on any atom is 0.416 e. The van der Waals surface area contributed by atoms with Crippen molar-refractivity contribution in [2.24, 2.45) is 5.10 Å². The fraction of sp³-hybridized carbons (Fsp3) is 0.0690. The zero-order chi connectivity index (χ0) is 28.8. The summed E-state index contributed by atoms with van der Waals surface area (Å²) in [6.07, 6.45) is -4.64. The predicted molar refractivity (Wildman–Crippen MR) is 145 cm³/mol. The van der Waals surface area contributed by atoms with Gasteiger partial charge in [0, 0.05) is 16.1 Å². The average Bonchev–Trinajstić information content (AvgIpc) is 3.19. The lowest BCUT2D eigenvalue weighted by atomic mass is 10.0. The molecule has 0 aromatic heterocycles. The summed E-state index contributed by atoms with van der Waals surface area (Å²) in [5.41, 5.74) is 3.46. The Morgan fingerprint density at radius 1 is 0.975 bits per heavy atom. The third kappa shape index (κ3) is 4.85. The van der Waals surface area contributed by atoms with Gasteiger partial charge in [-0.2, -0.15) is 18.3 Å². The number of anilines is 3. The molecule has 0 aliphatic carbocycles. The SMILES string of the molecule is Cc1ccc(N2C(=O)/C(=N\Nc3cccc(-c4cccc(C(=O)O)c4)c3O)c3ccc(C(F)(F)F)cc32)cc1Cl. The van der Waals surface area contributed by atoms with Crippen LogP contribution < -0.4 is 10.3 Å². The minimum absolute atomic E-state index is 0.0243. The molecule has 1 amide bonds. The van der Waals surface area contributed by atoms with Crippen molar-refractivity contribution >= 4 is 46.3 Å². The predicted octanol–water partition coefficient (Wildman–Crippen LogP) is 7.23. The number of carboxylic acid groups (broad SMARTS) is 1. The Labute approximate surface area is 230 Å². The fourth-order valence-corrected chi connectivity index (χ4v) is 4.49. The molecule has 1 aliphatic rings. The highest BCUT2D eigenvalue weighted by molar-refractivity contribution is 6.55. The van der Waals surface area contributed by atoms with Gasteiger partial charge in [-0.1, -0.05) is 41.9 Å². The number of rotatable bonds is 5. The first-order chi connectivity index (χ1) is 19.0. The molecule has 1 aliphatic heterocycles. The molecule has 0 fully saturated rings. The van der Waals surface area contributed by atoms with Gasteiger partial charge in [0.05, 0.1) is 28.2 Å². The van der Waals surface area contributed by atoms with Crippen LogP contribution in [0.4, 0.5) is 30.2 Å². The van der Waals surface area contributed by atoms with Crippen LogP contribution in [0.2, 0.25) is 5.02 Å². The smallest absolute Gasteiger partial charge is 0.416 e. The summed E-state index contributed by atoms with van der Waals surface area (Å²) in [7, 11) is 0. The minimum atomic E-state index is -4.64. The maximum absolute atomic E-state index is 13.5. The summed E-state index contributed by atoms with van der Waals surface area (Å²) < 4.78 is 40.6. The van der Waals surface area contributed by atoms with Crippen molar-refractivity contribution in [1.82, 2.24) is 0 Å². The maximum atomic E-state index is 13.5. The van der Waals surface area contributed by atoms with Crippen molar-refractivity contribution in [3.05, 3.63) is 106 Å². The van der Waals surface area contributed by atoms with E-state index < -0.39 is 23.6 Å². The molecule has 3 N–H and O–H groups in total. The summed E-state index contributed by atoms with van der Waals surface area (Å²) in [5.74, 6) is -2.10. The molecule has 0 saturated heterocycles. The number of halogens is 4. The van der Waals surface area contributed by atoms with Gasteiger partial charge >= 0.3 is 12.1 Å². The Hall–Kier alpha value is -4.83. The second-order valence-corrected chi connectivity index (χ2v) is 9.37. The number of hydrogen-bond acceptors (Lipinski definition) is 5. The second-order valence-electron chi connectivity index (χ2n) is 8.96. The van der Waals surface area contributed by atoms with Crippen LogP contribution in [0, 0.1) is 6.92 Å². The lowest BCUT2D eigenvalue weighted by molar-refractivity contribution is -0.137.